The summed E-state index contributed by atoms with van der Waals surface area (Å²) in [4.78, 5) is 12.2. The summed E-state index contributed by atoms with van der Waals surface area (Å²) in [6.45, 7) is 3.95. The zero-order valence-corrected chi connectivity index (χ0v) is 17.3. The minimum Gasteiger partial charge on any atom is -0.349 e. The van der Waals surface area contributed by atoms with E-state index in [1.165, 1.54) is 28.7 Å². The van der Waals surface area contributed by atoms with Crippen molar-refractivity contribution in [2.45, 2.75) is 24.2 Å². The van der Waals surface area contributed by atoms with E-state index in [0.717, 1.165) is 15.6 Å². The van der Waals surface area contributed by atoms with Crippen LogP contribution in [0.2, 0.25) is 5.02 Å². The molecule has 1 atom stereocenters. The number of halogens is 1. The van der Waals surface area contributed by atoms with Crippen molar-refractivity contribution in [2.24, 2.45) is 0 Å². The highest BCUT2D eigenvalue weighted by molar-refractivity contribution is 8.01. The number of hydrogen-bond acceptors (Lipinski definition) is 6. The Morgan fingerprint density at radius 1 is 1.22 bits per heavy atom. The zero-order chi connectivity index (χ0) is 19.2. The molecule has 0 radical (unpaired) electrons. The molecule has 8 heteroatoms. The Kier molecular flexibility index (Phi) is 6.71. The maximum absolute atomic E-state index is 12.2. The molecule has 0 saturated heterocycles. The molecule has 1 aromatic heterocycles. The fourth-order valence-corrected chi connectivity index (χ4v) is 4.36. The molecule has 1 heterocycles. The van der Waals surface area contributed by atoms with Crippen molar-refractivity contribution in [3.05, 3.63) is 64.7 Å². The third-order valence-electron chi connectivity index (χ3n) is 3.75. The van der Waals surface area contributed by atoms with E-state index < -0.39 is 0 Å². The van der Waals surface area contributed by atoms with Gasteiger partial charge in [-0.3, -0.25) is 4.79 Å². The van der Waals surface area contributed by atoms with Gasteiger partial charge in [0.05, 0.1) is 11.8 Å². The smallest absolute Gasteiger partial charge is 0.230 e. The van der Waals surface area contributed by atoms with Gasteiger partial charge in [-0.1, -0.05) is 65.0 Å². The first-order valence-electron chi connectivity index (χ1n) is 8.35. The van der Waals surface area contributed by atoms with Crippen LogP contribution in [0, 0.1) is 6.92 Å². The van der Waals surface area contributed by atoms with Crippen molar-refractivity contribution in [2.75, 3.05) is 11.1 Å². The van der Waals surface area contributed by atoms with Gasteiger partial charge in [0, 0.05) is 10.7 Å². The molecule has 0 saturated carbocycles. The topological polar surface area (TPSA) is 66.9 Å². The maximum atomic E-state index is 12.2. The van der Waals surface area contributed by atoms with Crippen LogP contribution in [0.25, 0.3) is 0 Å². The van der Waals surface area contributed by atoms with Gasteiger partial charge in [0.15, 0.2) is 4.34 Å². The van der Waals surface area contributed by atoms with Crippen LogP contribution in [-0.2, 0) is 4.79 Å². The number of hydrogen-bond donors (Lipinski definition) is 2. The lowest BCUT2D eigenvalue weighted by atomic mass is 10.1. The first kappa shape index (κ1) is 19.7. The number of carbonyl (C=O) groups excluding carboxylic acids is 1. The summed E-state index contributed by atoms with van der Waals surface area (Å²) in [6.07, 6.45) is 0. The van der Waals surface area contributed by atoms with Gasteiger partial charge in [-0.25, -0.2) is 0 Å². The van der Waals surface area contributed by atoms with Crippen LogP contribution < -0.4 is 10.6 Å². The first-order chi connectivity index (χ1) is 13.0. The lowest BCUT2D eigenvalue weighted by molar-refractivity contribution is -0.119. The molecule has 1 amide bonds. The molecule has 2 aromatic carbocycles. The number of aryl methyl sites for hydroxylation is 1. The quantitative estimate of drug-likeness (QED) is 0.515. The first-order valence-corrected chi connectivity index (χ1v) is 10.5. The van der Waals surface area contributed by atoms with Crippen LogP contribution in [0.4, 0.5) is 10.8 Å². The number of amides is 1. The second-order valence-corrected chi connectivity index (χ2v) is 8.57. The molecule has 3 rings (SSSR count). The van der Waals surface area contributed by atoms with Crippen LogP contribution in [0.1, 0.15) is 24.1 Å². The summed E-state index contributed by atoms with van der Waals surface area (Å²) in [6, 6.07) is 15.4. The minimum atomic E-state index is -0.153. The van der Waals surface area contributed by atoms with E-state index in [-0.39, 0.29) is 17.7 Å². The Morgan fingerprint density at radius 3 is 2.81 bits per heavy atom. The molecule has 3 aromatic rings. The number of nitrogens with one attached hydrogen (secondary N) is 2. The fraction of sp³-hybridized carbons (Fsp3) is 0.211. The molecular formula is C19H19ClN4OS2. The molecule has 2 N–H and O–H groups in total. The van der Waals surface area contributed by atoms with Crippen molar-refractivity contribution < 1.29 is 4.79 Å². The van der Waals surface area contributed by atoms with E-state index in [0.29, 0.717) is 10.2 Å². The highest BCUT2D eigenvalue weighted by Gasteiger charge is 2.13. The number of rotatable bonds is 7. The van der Waals surface area contributed by atoms with Crippen molar-refractivity contribution in [1.29, 1.82) is 0 Å². The molecule has 140 valence electrons. The summed E-state index contributed by atoms with van der Waals surface area (Å²) in [5.41, 5.74) is 3.04. The van der Waals surface area contributed by atoms with Crippen LogP contribution in [0.15, 0.2) is 52.9 Å². The van der Waals surface area contributed by atoms with Crippen LogP contribution >= 0.6 is 34.7 Å². The summed E-state index contributed by atoms with van der Waals surface area (Å²) in [5.74, 6) is 0.198. The number of aromatic nitrogens is 2. The summed E-state index contributed by atoms with van der Waals surface area (Å²) in [5, 5.41) is 15.8. The van der Waals surface area contributed by atoms with Gasteiger partial charge in [-0.05, 0) is 43.2 Å². The molecule has 0 aliphatic rings. The predicted molar refractivity (Wildman–Crippen MR) is 113 cm³/mol. The van der Waals surface area contributed by atoms with Gasteiger partial charge in [0.1, 0.15) is 0 Å². The van der Waals surface area contributed by atoms with Gasteiger partial charge in [0.25, 0.3) is 0 Å². The van der Waals surface area contributed by atoms with Crippen molar-refractivity contribution in [3.63, 3.8) is 0 Å². The molecule has 0 fully saturated rings. The van der Waals surface area contributed by atoms with Gasteiger partial charge in [-0.2, -0.15) is 0 Å². The normalized spacial score (nSPS) is 11.8. The van der Waals surface area contributed by atoms with Gasteiger partial charge in [0.2, 0.25) is 11.0 Å². The SMILES string of the molecule is Cc1cccc(Nc2nnc(SCC(=O)N[C@H](C)c3ccccc3Cl)s2)c1. The Labute approximate surface area is 171 Å². The molecule has 27 heavy (non-hydrogen) atoms. The molecule has 0 spiro atoms. The van der Waals surface area contributed by atoms with Crippen molar-refractivity contribution in [3.8, 4) is 0 Å². The van der Waals surface area contributed by atoms with Crippen LogP contribution in [0.5, 0.6) is 0 Å². The van der Waals surface area contributed by atoms with E-state index in [1.54, 1.807) is 0 Å². The number of carbonyl (C=O) groups is 1. The van der Waals surface area contributed by atoms with E-state index in [1.807, 2.05) is 62.4 Å². The van der Waals surface area contributed by atoms with E-state index in [2.05, 4.69) is 20.8 Å². The Bertz CT molecular complexity index is 931. The number of anilines is 2. The Balaban J connectivity index is 1.51. The van der Waals surface area contributed by atoms with E-state index in [4.69, 9.17) is 11.6 Å². The Hall–Kier alpha value is -2.09. The number of benzene rings is 2. The second-order valence-electron chi connectivity index (χ2n) is 5.97. The lowest BCUT2D eigenvalue weighted by Crippen LogP contribution is -2.28. The maximum Gasteiger partial charge on any atom is 0.230 e. The monoisotopic (exact) mass is 418 g/mol. The molecule has 0 aliphatic carbocycles. The van der Waals surface area contributed by atoms with Gasteiger partial charge >= 0.3 is 0 Å². The Morgan fingerprint density at radius 2 is 2.04 bits per heavy atom. The largest absolute Gasteiger partial charge is 0.349 e. The molecule has 0 bridgehead atoms. The molecule has 5 nitrogen and oxygen atoms in total. The molecular weight excluding hydrogens is 400 g/mol. The summed E-state index contributed by atoms with van der Waals surface area (Å²) in [7, 11) is 0. The highest BCUT2D eigenvalue weighted by Crippen LogP contribution is 2.28. The number of nitrogens with zero attached hydrogens (tertiary/aromatic N) is 2. The molecule has 0 aliphatic heterocycles. The average molecular weight is 419 g/mol. The predicted octanol–water partition coefficient (Wildman–Crippen LogP) is 5.21. The minimum absolute atomic E-state index is 0.0733. The van der Waals surface area contributed by atoms with Gasteiger partial charge < -0.3 is 10.6 Å². The second kappa shape index (κ2) is 9.21. The number of thioether (sulfide) groups is 1. The van der Waals surface area contributed by atoms with E-state index >= 15 is 0 Å². The van der Waals surface area contributed by atoms with Gasteiger partial charge in [-0.15, -0.1) is 10.2 Å². The third kappa shape index (κ3) is 5.69. The molecule has 0 unspecified atom stereocenters. The van der Waals surface area contributed by atoms with Crippen LogP contribution in [0.3, 0.4) is 0 Å². The highest BCUT2D eigenvalue weighted by atomic mass is 35.5. The van der Waals surface area contributed by atoms with Crippen LogP contribution in [-0.4, -0.2) is 21.9 Å². The zero-order valence-electron chi connectivity index (χ0n) is 14.9. The summed E-state index contributed by atoms with van der Waals surface area (Å²) >= 11 is 8.96. The summed E-state index contributed by atoms with van der Waals surface area (Å²) < 4.78 is 0.741. The average Bonchev–Trinajstić information content (AvgIpc) is 3.07. The lowest BCUT2D eigenvalue weighted by Gasteiger charge is -2.15. The van der Waals surface area contributed by atoms with Crippen molar-refractivity contribution in [1.82, 2.24) is 15.5 Å². The fourth-order valence-electron chi connectivity index (χ4n) is 2.48. The standard InChI is InChI=1S/C19H19ClN4OS2/c1-12-6-5-7-14(10-12)22-18-23-24-19(27-18)26-11-17(25)21-13(2)15-8-3-4-9-16(15)20/h3-10,13H,11H2,1-2H3,(H,21,25)(H,22,23)/t13-/m1/s1. The van der Waals surface area contributed by atoms with E-state index in [9.17, 15) is 4.79 Å². The van der Waals surface area contributed by atoms with Crippen molar-refractivity contribution >= 4 is 51.4 Å². The third-order valence-corrected chi connectivity index (χ3v) is 6.07.